The molecule has 2 aromatic rings. The Hall–Kier alpha value is -2.04. The summed E-state index contributed by atoms with van der Waals surface area (Å²) in [6.45, 7) is 2.04. The van der Waals surface area contributed by atoms with Crippen LogP contribution in [-0.2, 0) is 0 Å². The van der Waals surface area contributed by atoms with Crippen molar-refractivity contribution in [2.75, 3.05) is 0 Å². The second-order valence-electron chi connectivity index (χ2n) is 4.94. The van der Waals surface area contributed by atoms with Crippen LogP contribution in [0.3, 0.4) is 0 Å². The third-order valence-corrected chi connectivity index (χ3v) is 3.51. The van der Waals surface area contributed by atoms with E-state index in [1.165, 1.54) is 12.8 Å². The number of carbonyl (C=O) groups is 1. The molecule has 3 rings (SSSR count). The van der Waals surface area contributed by atoms with Gasteiger partial charge in [-0.05, 0) is 31.4 Å². The molecule has 19 heavy (non-hydrogen) atoms. The lowest BCUT2D eigenvalue weighted by Crippen LogP contribution is -2.30. The van der Waals surface area contributed by atoms with Crippen LogP contribution in [0.4, 0.5) is 0 Å². The molecule has 0 spiro atoms. The van der Waals surface area contributed by atoms with E-state index in [2.05, 4.69) is 19.9 Å². The maximum absolute atomic E-state index is 12.3. The third kappa shape index (κ3) is 2.41. The predicted octanol–water partition coefficient (Wildman–Crippen LogP) is 2.43. The Morgan fingerprint density at radius 1 is 1.63 bits per heavy atom. The molecule has 1 atom stereocenters. The fourth-order valence-electron chi connectivity index (χ4n) is 2.32. The minimum absolute atomic E-state index is 0.0276. The zero-order chi connectivity index (χ0) is 13.2. The minimum atomic E-state index is -0.0648. The molecule has 1 unspecified atom stereocenters. The van der Waals surface area contributed by atoms with Gasteiger partial charge in [0.05, 0.1) is 6.04 Å². The predicted molar refractivity (Wildman–Crippen MR) is 71.8 cm³/mol. The number of nitrogens with zero attached hydrogens (tertiary/aromatic N) is 2. The molecule has 1 fully saturated rings. The van der Waals surface area contributed by atoms with E-state index in [1.807, 2.05) is 25.3 Å². The Bertz CT molecular complexity index is 554. The van der Waals surface area contributed by atoms with Crippen molar-refractivity contribution in [1.82, 2.24) is 19.9 Å². The highest BCUT2D eigenvalue weighted by molar-refractivity contribution is 5.93. The summed E-state index contributed by atoms with van der Waals surface area (Å²) in [5, 5.41) is 3.04. The van der Waals surface area contributed by atoms with Gasteiger partial charge in [-0.1, -0.05) is 6.92 Å². The first-order valence-electron chi connectivity index (χ1n) is 6.76. The highest BCUT2D eigenvalue weighted by Crippen LogP contribution is 2.36. The molecule has 5 heteroatoms. The van der Waals surface area contributed by atoms with Crippen molar-refractivity contribution in [3.8, 4) is 0 Å². The number of hydrogen-bond donors (Lipinski definition) is 2. The van der Waals surface area contributed by atoms with Gasteiger partial charge >= 0.3 is 0 Å². The molecule has 0 aromatic carbocycles. The van der Waals surface area contributed by atoms with E-state index in [9.17, 15) is 4.79 Å². The number of imidazole rings is 1. The number of carbonyl (C=O) groups excluding carboxylic acids is 1. The van der Waals surface area contributed by atoms with Gasteiger partial charge in [0, 0.05) is 24.6 Å². The van der Waals surface area contributed by atoms with Gasteiger partial charge in [0.2, 0.25) is 0 Å². The van der Waals surface area contributed by atoms with Crippen molar-refractivity contribution in [2.45, 2.75) is 38.3 Å². The van der Waals surface area contributed by atoms with Crippen LogP contribution in [0, 0.1) is 0 Å². The normalized spacial score (nSPS) is 16.3. The fourth-order valence-corrected chi connectivity index (χ4v) is 2.32. The van der Waals surface area contributed by atoms with Gasteiger partial charge < -0.3 is 14.9 Å². The largest absolute Gasteiger partial charge is 0.347 e. The molecular weight excluding hydrogens is 240 g/mol. The van der Waals surface area contributed by atoms with Crippen molar-refractivity contribution >= 4 is 5.91 Å². The minimum Gasteiger partial charge on any atom is -0.347 e. The van der Waals surface area contributed by atoms with Crippen LogP contribution >= 0.6 is 0 Å². The number of rotatable bonds is 5. The first-order valence-corrected chi connectivity index (χ1v) is 6.76. The molecule has 1 saturated carbocycles. The highest BCUT2D eigenvalue weighted by Gasteiger charge is 2.27. The Kier molecular flexibility index (Phi) is 3.11. The summed E-state index contributed by atoms with van der Waals surface area (Å²) in [4.78, 5) is 19.6. The second-order valence-corrected chi connectivity index (χ2v) is 4.94. The molecule has 100 valence electrons. The summed E-state index contributed by atoms with van der Waals surface area (Å²) in [5.41, 5.74) is 0.743. The van der Waals surface area contributed by atoms with Crippen LogP contribution < -0.4 is 5.32 Å². The lowest BCUT2D eigenvalue weighted by Gasteiger charge is -2.15. The van der Waals surface area contributed by atoms with Gasteiger partial charge in [-0.25, -0.2) is 4.98 Å². The van der Waals surface area contributed by atoms with Crippen molar-refractivity contribution in [3.05, 3.63) is 42.2 Å². The summed E-state index contributed by atoms with van der Waals surface area (Å²) >= 11 is 0. The van der Waals surface area contributed by atoms with Gasteiger partial charge in [0.1, 0.15) is 11.5 Å². The van der Waals surface area contributed by atoms with E-state index in [1.54, 1.807) is 12.4 Å². The first-order chi connectivity index (χ1) is 9.29. The molecule has 2 heterocycles. The van der Waals surface area contributed by atoms with Crippen molar-refractivity contribution in [3.63, 3.8) is 0 Å². The Morgan fingerprint density at radius 3 is 3.11 bits per heavy atom. The Labute approximate surface area is 112 Å². The standard InChI is InChI=1S/C14H18N4O/c1-2-11(13-15-7-8-16-13)17-14(19)12-4-3-9-18(12)10-5-6-10/h3-4,7-11H,2,5-6H2,1H3,(H,15,16)(H,17,19). The zero-order valence-electron chi connectivity index (χ0n) is 11.0. The van der Waals surface area contributed by atoms with Crippen LogP contribution in [0.5, 0.6) is 0 Å². The molecular formula is C14H18N4O. The summed E-state index contributed by atoms with van der Waals surface area (Å²) in [6.07, 6.45) is 8.62. The molecule has 1 aliphatic rings. The maximum Gasteiger partial charge on any atom is 0.268 e. The molecule has 5 nitrogen and oxygen atoms in total. The van der Waals surface area contributed by atoms with E-state index in [0.29, 0.717) is 6.04 Å². The van der Waals surface area contributed by atoms with Crippen LogP contribution in [-0.4, -0.2) is 20.4 Å². The lowest BCUT2D eigenvalue weighted by molar-refractivity contribution is 0.0924. The fraction of sp³-hybridized carbons (Fsp3) is 0.429. The van der Waals surface area contributed by atoms with E-state index < -0.39 is 0 Å². The smallest absolute Gasteiger partial charge is 0.268 e. The van der Waals surface area contributed by atoms with Crippen molar-refractivity contribution in [1.29, 1.82) is 0 Å². The molecule has 0 aliphatic heterocycles. The summed E-state index contributed by atoms with van der Waals surface area (Å²) in [7, 11) is 0. The lowest BCUT2D eigenvalue weighted by atomic mass is 10.2. The van der Waals surface area contributed by atoms with Gasteiger partial charge in [-0.15, -0.1) is 0 Å². The Balaban J connectivity index is 1.75. The quantitative estimate of drug-likeness (QED) is 0.865. The number of nitrogens with one attached hydrogen (secondary N) is 2. The summed E-state index contributed by atoms with van der Waals surface area (Å²) < 4.78 is 2.07. The topological polar surface area (TPSA) is 62.7 Å². The highest BCUT2D eigenvalue weighted by atomic mass is 16.2. The average molecular weight is 258 g/mol. The molecule has 1 amide bonds. The number of aromatic nitrogens is 3. The molecule has 0 bridgehead atoms. The number of aromatic amines is 1. The average Bonchev–Trinajstić information content (AvgIpc) is 2.96. The van der Waals surface area contributed by atoms with E-state index in [-0.39, 0.29) is 11.9 Å². The zero-order valence-corrected chi connectivity index (χ0v) is 11.0. The molecule has 0 radical (unpaired) electrons. The van der Waals surface area contributed by atoms with Gasteiger partial charge in [0.25, 0.3) is 5.91 Å². The maximum atomic E-state index is 12.3. The van der Waals surface area contributed by atoms with Crippen LogP contribution in [0.15, 0.2) is 30.7 Å². The number of hydrogen-bond acceptors (Lipinski definition) is 2. The van der Waals surface area contributed by atoms with Crippen molar-refractivity contribution in [2.24, 2.45) is 0 Å². The monoisotopic (exact) mass is 258 g/mol. The summed E-state index contributed by atoms with van der Waals surface area (Å²) in [6, 6.07) is 4.26. The van der Waals surface area contributed by atoms with Gasteiger partial charge in [-0.3, -0.25) is 4.79 Å². The molecule has 2 N–H and O–H groups in total. The van der Waals surface area contributed by atoms with Crippen LogP contribution in [0.1, 0.15) is 54.6 Å². The van der Waals surface area contributed by atoms with Gasteiger partial charge in [0.15, 0.2) is 0 Å². The molecule has 2 aromatic heterocycles. The van der Waals surface area contributed by atoms with E-state index >= 15 is 0 Å². The van der Waals surface area contributed by atoms with E-state index in [4.69, 9.17) is 0 Å². The second kappa shape index (κ2) is 4.91. The Morgan fingerprint density at radius 2 is 2.47 bits per heavy atom. The number of amides is 1. The summed E-state index contributed by atoms with van der Waals surface area (Å²) in [5.74, 6) is 0.778. The van der Waals surface area contributed by atoms with Crippen LogP contribution in [0.25, 0.3) is 0 Å². The number of H-pyrrole nitrogens is 1. The van der Waals surface area contributed by atoms with E-state index in [0.717, 1.165) is 17.9 Å². The molecule has 0 saturated heterocycles. The third-order valence-electron chi connectivity index (χ3n) is 3.51. The van der Waals surface area contributed by atoms with Gasteiger partial charge in [-0.2, -0.15) is 0 Å². The van der Waals surface area contributed by atoms with Crippen LogP contribution in [0.2, 0.25) is 0 Å². The van der Waals surface area contributed by atoms with Crippen molar-refractivity contribution < 1.29 is 4.79 Å². The SMILES string of the molecule is CCC(NC(=O)c1cccn1C1CC1)c1ncc[nH]1. The first kappa shape index (κ1) is 12.0. The molecule has 1 aliphatic carbocycles.